The van der Waals surface area contributed by atoms with Crippen molar-refractivity contribution < 1.29 is 19.0 Å². The molecule has 9 nitrogen and oxygen atoms in total. The molecule has 6 rings (SSSR count). The molecule has 3 heterocycles. The Bertz CT molecular complexity index is 1350. The predicted molar refractivity (Wildman–Crippen MR) is 149 cm³/mol. The van der Waals surface area contributed by atoms with E-state index in [9.17, 15) is 5.11 Å². The number of benzene rings is 1. The first kappa shape index (κ1) is 26.7. The van der Waals surface area contributed by atoms with Crippen LogP contribution in [0.3, 0.4) is 0 Å². The standard InChI is InChI=1S/C30H37FN6O3/c1-4-30(3)11-5-6-18(2)14-23(27(30)31)37(20-8-9-20)26-17-32-28(35-34-26)21-10-7-19(15-24(21)38)22-16-25-29(36-33-22)40-13-12-39-25/h7,10,15-18,20,23,27,38H,4-6,8-9,11-14H2,1-3H3/t18?,23-,27-,30+/m0/s1. The van der Waals surface area contributed by atoms with Crippen molar-refractivity contribution in [1.29, 1.82) is 0 Å². The summed E-state index contributed by atoms with van der Waals surface area (Å²) in [5.74, 6) is 2.24. The van der Waals surface area contributed by atoms with Crippen LogP contribution in [0.4, 0.5) is 10.2 Å². The summed E-state index contributed by atoms with van der Waals surface area (Å²) in [5.41, 5.74) is 1.32. The minimum Gasteiger partial charge on any atom is -0.507 e. The van der Waals surface area contributed by atoms with Gasteiger partial charge in [-0.2, -0.15) is 0 Å². The molecule has 0 radical (unpaired) electrons. The van der Waals surface area contributed by atoms with Gasteiger partial charge in [0.25, 0.3) is 5.88 Å². The Morgan fingerprint density at radius 3 is 2.62 bits per heavy atom. The Labute approximate surface area is 234 Å². The van der Waals surface area contributed by atoms with Gasteiger partial charge in [0.05, 0.1) is 23.5 Å². The molecule has 1 unspecified atom stereocenters. The Kier molecular flexibility index (Phi) is 7.18. The van der Waals surface area contributed by atoms with E-state index in [4.69, 9.17) is 9.47 Å². The summed E-state index contributed by atoms with van der Waals surface area (Å²) in [6.07, 6.45) is 7.47. The molecule has 3 aliphatic rings. The van der Waals surface area contributed by atoms with Gasteiger partial charge in [-0.1, -0.05) is 39.7 Å². The number of hydrogen-bond acceptors (Lipinski definition) is 9. The van der Waals surface area contributed by atoms with Crippen LogP contribution in [0.2, 0.25) is 0 Å². The number of ether oxygens (including phenoxy) is 2. The van der Waals surface area contributed by atoms with Gasteiger partial charge in [-0.3, -0.25) is 0 Å². The zero-order valence-corrected chi connectivity index (χ0v) is 23.4. The number of fused-ring (bicyclic) bond motifs is 1. The first-order chi connectivity index (χ1) is 19.4. The molecular weight excluding hydrogens is 511 g/mol. The summed E-state index contributed by atoms with van der Waals surface area (Å²) >= 11 is 0. The van der Waals surface area contributed by atoms with Gasteiger partial charge in [0, 0.05) is 23.1 Å². The number of alkyl halides is 1. The normalized spacial score (nSPS) is 26.6. The minimum absolute atomic E-state index is 0.000773. The quantitative estimate of drug-likeness (QED) is 0.411. The highest BCUT2D eigenvalue weighted by Gasteiger charge is 2.46. The smallest absolute Gasteiger partial charge is 0.276 e. The van der Waals surface area contributed by atoms with Crippen molar-refractivity contribution in [3.8, 4) is 40.0 Å². The number of nitrogens with zero attached hydrogens (tertiary/aromatic N) is 6. The van der Waals surface area contributed by atoms with Crippen LogP contribution in [-0.4, -0.2) is 62.0 Å². The molecule has 212 valence electrons. The molecule has 0 saturated heterocycles. The molecule has 40 heavy (non-hydrogen) atoms. The summed E-state index contributed by atoms with van der Waals surface area (Å²) in [5, 5.41) is 28.1. The molecule has 0 bridgehead atoms. The first-order valence-corrected chi connectivity index (χ1v) is 14.5. The second-order valence-electron chi connectivity index (χ2n) is 11.8. The molecule has 4 atom stereocenters. The Morgan fingerprint density at radius 2 is 1.90 bits per heavy atom. The average Bonchev–Trinajstić information content (AvgIpc) is 3.81. The number of anilines is 1. The molecule has 1 aliphatic heterocycles. The van der Waals surface area contributed by atoms with Crippen molar-refractivity contribution in [2.75, 3.05) is 18.1 Å². The van der Waals surface area contributed by atoms with Crippen molar-refractivity contribution in [2.45, 2.75) is 84.0 Å². The summed E-state index contributed by atoms with van der Waals surface area (Å²) in [7, 11) is 0. The van der Waals surface area contributed by atoms with E-state index in [2.05, 4.69) is 51.0 Å². The van der Waals surface area contributed by atoms with Crippen LogP contribution in [-0.2, 0) is 0 Å². The third-order valence-corrected chi connectivity index (χ3v) is 8.85. The van der Waals surface area contributed by atoms with Crippen molar-refractivity contribution in [3.05, 3.63) is 30.5 Å². The maximum atomic E-state index is 16.3. The number of phenols is 1. The van der Waals surface area contributed by atoms with Gasteiger partial charge in [-0.25, -0.2) is 9.37 Å². The van der Waals surface area contributed by atoms with Gasteiger partial charge in [0.15, 0.2) is 17.4 Å². The number of halogens is 1. The van der Waals surface area contributed by atoms with Gasteiger partial charge in [0.2, 0.25) is 0 Å². The zero-order chi connectivity index (χ0) is 27.9. The molecule has 1 aromatic carbocycles. The summed E-state index contributed by atoms with van der Waals surface area (Å²) < 4.78 is 27.4. The third kappa shape index (κ3) is 5.15. The van der Waals surface area contributed by atoms with E-state index in [1.165, 1.54) is 0 Å². The lowest BCUT2D eigenvalue weighted by Crippen LogP contribution is -2.51. The maximum absolute atomic E-state index is 16.3. The molecule has 10 heteroatoms. The molecule has 3 aromatic rings. The lowest BCUT2D eigenvalue weighted by atomic mass is 9.71. The van der Waals surface area contributed by atoms with Crippen molar-refractivity contribution >= 4 is 5.82 Å². The minimum atomic E-state index is -0.956. The van der Waals surface area contributed by atoms with Gasteiger partial charge >= 0.3 is 0 Å². The van der Waals surface area contributed by atoms with Crippen LogP contribution >= 0.6 is 0 Å². The van der Waals surface area contributed by atoms with Crippen LogP contribution < -0.4 is 14.4 Å². The van der Waals surface area contributed by atoms with E-state index in [0.29, 0.717) is 59.2 Å². The fourth-order valence-electron chi connectivity index (χ4n) is 6.10. The number of hydrogen-bond donors (Lipinski definition) is 1. The Hall–Kier alpha value is -3.56. The molecule has 2 aliphatic carbocycles. The van der Waals surface area contributed by atoms with E-state index in [1.807, 2.05) is 6.07 Å². The van der Waals surface area contributed by atoms with Gasteiger partial charge in [0.1, 0.15) is 25.1 Å². The number of phenolic OH excluding ortho intramolecular Hbond substituents is 1. The predicted octanol–water partition coefficient (Wildman–Crippen LogP) is 5.77. The van der Waals surface area contributed by atoms with Crippen LogP contribution in [0.25, 0.3) is 22.6 Å². The highest BCUT2D eigenvalue weighted by molar-refractivity contribution is 5.72. The van der Waals surface area contributed by atoms with E-state index in [0.717, 1.165) is 44.9 Å². The molecule has 2 fully saturated rings. The molecule has 2 saturated carbocycles. The summed E-state index contributed by atoms with van der Waals surface area (Å²) in [4.78, 5) is 6.74. The third-order valence-electron chi connectivity index (χ3n) is 8.85. The van der Waals surface area contributed by atoms with Gasteiger partial charge in [-0.15, -0.1) is 20.4 Å². The molecule has 0 spiro atoms. The monoisotopic (exact) mass is 548 g/mol. The first-order valence-electron chi connectivity index (χ1n) is 14.5. The van der Waals surface area contributed by atoms with E-state index < -0.39 is 6.17 Å². The zero-order valence-electron chi connectivity index (χ0n) is 23.4. The Balaban J connectivity index is 1.26. The SMILES string of the molecule is CC[C@]1(C)CCCC(C)C[C@H](N(c2cnc(-c3ccc(-c4cc5c(nn4)OCCO5)cc3O)nn2)C2CC2)[C@@H]1F. The van der Waals surface area contributed by atoms with Gasteiger partial charge < -0.3 is 19.5 Å². The topological polar surface area (TPSA) is 106 Å². The van der Waals surface area contributed by atoms with Crippen molar-refractivity contribution in [2.24, 2.45) is 11.3 Å². The summed E-state index contributed by atoms with van der Waals surface area (Å²) in [6, 6.07) is 6.90. The lowest BCUT2D eigenvalue weighted by molar-refractivity contribution is 0.0577. The van der Waals surface area contributed by atoms with Crippen molar-refractivity contribution in [3.63, 3.8) is 0 Å². The fourth-order valence-corrected chi connectivity index (χ4v) is 6.10. The van der Waals surface area contributed by atoms with Crippen LogP contribution in [0, 0.1) is 11.3 Å². The van der Waals surface area contributed by atoms with E-state index in [-0.39, 0.29) is 23.2 Å². The van der Waals surface area contributed by atoms with E-state index >= 15 is 4.39 Å². The fraction of sp³-hybridized carbons (Fsp3) is 0.567. The second kappa shape index (κ2) is 10.8. The van der Waals surface area contributed by atoms with Crippen LogP contribution in [0.1, 0.15) is 65.7 Å². The Morgan fingerprint density at radius 1 is 1.07 bits per heavy atom. The molecule has 2 aromatic heterocycles. The number of aromatic hydroxyl groups is 1. The molecule has 1 N–H and O–H groups in total. The lowest BCUT2D eigenvalue weighted by Gasteiger charge is -2.45. The largest absolute Gasteiger partial charge is 0.507 e. The molecule has 0 amide bonds. The maximum Gasteiger partial charge on any atom is 0.276 e. The van der Waals surface area contributed by atoms with Crippen LogP contribution in [0.5, 0.6) is 17.4 Å². The highest BCUT2D eigenvalue weighted by Crippen LogP contribution is 2.45. The van der Waals surface area contributed by atoms with Crippen molar-refractivity contribution in [1.82, 2.24) is 25.4 Å². The average molecular weight is 549 g/mol. The summed E-state index contributed by atoms with van der Waals surface area (Å²) in [6.45, 7) is 7.32. The van der Waals surface area contributed by atoms with Crippen LogP contribution in [0.15, 0.2) is 30.5 Å². The highest BCUT2D eigenvalue weighted by atomic mass is 19.1. The molecular formula is C30H37FN6O3. The number of rotatable bonds is 6. The number of aromatic nitrogens is 5. The van der Waals surface area contributed by atoms with E-state index in [1.54, 1.807) is 24.4 Å². The van der Waals surface area contributed by atoms with Gasteiger partial charge in [-0.05, 0) is 50.2 Å². The second-order valence-corrected chi connectivity index (χ2v) is 11.8.